The van der Waals surface area contributed by atoms with Gasteiger partial charge in [-0.15, -0.1) is 0 Å². The summed E-state index contributed by atoms with van der Waals surface area (Å²) < 4.78 is 5.27. The highest BCUT2D eigenvalue weighted by atomic mass is 16.3. The van der Waals surface area contributed by atoms with E-state index in [1.165, 1.54) is 6.92 Å². The third-order valence-electron chi connectivity index (χ3n) is 2.77. The molecule has 0 saturated carbocycles. The molecule has 0 unspecified atom stereocenters. The van der Waals surface area contributed by atoms with E-state index >= 15 is 0 Å². The molecule has 2 N–H and O–H groups in total. The highest BCUT2D eigenvalue weighted by molar-refractivity contribution is 6.03. The average molecular weight is 272 g/mol. The van der Waals surface area contributed by atoms with Crippen molar-refractivity contribution < 1.29 is 14.0 Å². The molecule has 0 aliphatic heterocycles. The molecule has 0 radical (unpaired) electrons. The molecule has 1 aromatic carbocycles. The van der Waals surface area contributed by atoms with Crippen molar-refractivity contribution in [3.63, 3.8) is 0 Å². The molecule has 5 heteroatoms. The number of nitrogens with one attached hydrogen (secondary N) is 2. The zero-order valence-corrected chi connectivity index (χ0v) is 11.6. The molecule has 2 aromatic rings. The topological polar surface area (TPSA) is 71.3 Å². The molecule has 1 heterocycles. The van der Waals surface area contributed by atoms with Gasteiger partial charge in [-0.2, -0.15) is 0 Å². The maximum absolute atomic E-state index is 12.0. The highest BCUT2D eigenvalue weighted by Crippen LogP contribution is 2.21. The van der Waals surface area contributed by atoms with Crippen molar-refractivity contribution >= 4 is 23.2 Å². The summed E-state index contributed by atoms with van der Waals surface area (Å²) in [6.07, 6.45) is 0. The van der Waals surface area contributed by atoms with Gasteiger partial charge in [0.25, 0.3) is 5.91 Å². The van der Waals surface area contributed by atoms with E-state index in [0.717, 1.165) is 5.56 Å². The molecule has 0 fully saturated rings. The first-order valence-corrected chi connectivity index (χ1v) is 6.22. The third-order valence-corrected chi connectivity index (χ3v) is 2.77. The summed E-state index contributed by atoms with van der Waals surface area (Å²) in [5.74, 6) is 0.458. The van der Waals surface area contributed by atoms with Crippen LogP contribution in [0, 0.1) is 13.8 Å². The lowest BCUT2D eigenvalue weighted by molar-refractivity contribution is -0.114. The fourth-order valence-electron chi connectivity index (χ4n) is 1.78. The Kier molecular flexibility index (Phi) is 3.89. The van der Waals surface area contributed by atoms with Gasteiger partial charge < -0.3 is 15.1 Å². The summed E-state index contributed by atoms with van der Waals surface area (Å²) >= 11 is 0. The molecule has 104 valence electrons. The quantitative estimate of drug-likeness (QED) is 0.901. The van der Waals surface area contributed by atoms with Gasteiger partial charge in [0, 0.05) is 18.3 Å². The molecule has 0 saturated heterocycles. The van der Waals surface area contributed by atoms with Crippen LogP contribution in [-0.2, 0) is 4.79 Å². The van der Waals surface area contributed by atoms with Crippen LogP contribution in [0.2, 0.25) is 0 Å². The standard InChI is InChI=1S/C15H16N2O3/c1-9-4-6-12(16-11(3)18)8-13(9)17-15(19)14-7-5-10(2)20-14/h4-8H,1-3H3,(H,16,18)(H,17,19). The van der Waals surface area contributed by atoms with Gasteiger partial charge in [0.1, 0.15) is 5.76 Å². The van der Waals surface area contributed by atoms with Gasteiger partial charge in [-0.1, -0.05) is 6.07 Å². The predicted molar refractivity (Wildman–Crippen MR) is 76.9 cm³/mol. The molecule has 1 aromatic heterocycles. The minimum atomic E-state index is -0.318. The number of hydrogen-bond acceptors (Lipinski definition) is 3. The van der Waals surface area contributed by atoms with Gasteiger partial charge in [0.2, 0.25) is 5.91 Å². The number of aryl methyl sites for hydroxylation is 2. The molecule has 5 nitrogen and oxygen atoms in total. The second kappa shape index (κ2) is 5.61. The minimum absolute atomic E-state index is 0.159. The van der Waals surface area contributed by atoms with Crippen molar-refractivity contribution in [3.05, 3.63) is 47.4 Å². The van der Waals surface area contributed by atoms with Gasteiger partial charge >= 0.3 is 0 Å². The molecule has 2 rings (SSSR count). The lowest BCUT2D eigenvalue weighted by Gasteiger charge is -2.10. The Morgan fingerprint density at radius 2 is 1.80 bits per heavy atom. The lowest BCUT2D eigenvalue weighted by atomic mass is 10.1. The second-order valence-electron chi connectivity index (χ2n) is 4.58. The molecule has 0 atom stereocenters. The van der Waals surface area contributed by atoms with Gasteiger partial charge in [-0.25, -0.2) is 0 Å². The number of anilines is 2. The van der Waals surface area contributed by atoms with Crippen molar-refractivity contribution in [1.29, 1.82) is 0 Å². The summed E-state index contributed by atoms with van der Waals surface area (Å²) in [5, 5.41) is 5.45. The van der Waals surface area contributed by atoms with Crippen LogP contribution >= 0.6 is 0 Å². The minimum Gasteiger partial charge on any atom is -0.456 e. The second-order valence-corrected chi connectivity index (χ2v) is 4.58. The van der Waals surface area contributed by atoms with Crippen LogP contribution in [0.3, 0.4) is 0 Å². The monoisotopic (exact) mass is 272 g/mol. The molecule has 0 spiro atoms. The fourth-order valence-corrected chi connectivity index (χ4v) is 1.78. The van der Waals surface area contributed by atoms with Crippen molar-refractivity contribution in [2.45, 2.75) is 20.8 Å². The Balaban J connectivity index is 2.19. The number of furan rings is 1. The SMILES string of the molecule is CC(=O)Nc1ccc(C)c(NC(=O)c2ccc(C)o2)c1. The van der Waals surface area contributed by atoms with Crippen LogP contribution in [0.25, 0.3) is 0 Å². The number of benzene rings is 1. The number of hydrogen-bond donors (Lipinski definition) is 2. The Labute approximate surface area is 117 Å². The van der Waals surface area contributed by atoms with Gasteiger partial charge in [-0.3, -0.25) is 9.59 Å². The number of carbonyl (C=O) groups excluding carboxylic acids is 2. The molecule has 20 heavy (non-hydrogen) atoms. The Morgan fingerprint density at radius 1 is 1.05 bits per heavy atom. The van der Waals surface area contributed by atoms with Gasteiger partial charge in [-0.05, 0) is 43.7 Å². The maximum atomic E-state index is 12.0. The van der Waals surface area contributed by atoms with Crippen LogP contribution in [0.4, 0.5) is 11.4 Å². The zero-order chi connectivity index (χ0) is 14.7. The van der Waals surface area contributed by atoms with E-state index < -0.39 is 0 Å². The molecule has 0 bridgehead atoms. The fraction of sp³-hybridized carbons (Fsp3) is 0.200. The number of carbonyl (C=O) groups is 2. The lowest BCUT2D eigenvalue weighted by Crippen LogP contribution is -2.13. The van der Waals surface area contributed by atoms with Crippen LogP contribution < -0.4 is 10.6 Å². The van der Waals surface area contributed by atoms with E-state index in [0.29, 0.717) is 17.1 Å². The Bertz CT molecular complexity index is 659. The average Bonchev–Trinajstić information content (AvgIpc) is 2.79. The van der Waals surface area contributed by atoms with Crippen molar-refractivity contribution in [3.8, 4) is 0 Å². The van der Waals surface area contributed by atoms with Crippen LogP contribution in [0.5, 0.6) is 0 Å². The zero-order valence-electron chi connectivity index (χ0n) is 11.6. The number of amides is 2. The molecule has 0 aliphatic rings. The molecule has 0 aliphatic carbocycles. The molecular formula is C15H16N2O3. The van der Waals surface area contributed by atoms with Crippen molar-refractivity contribution in [2.24, 2.45) is 0 Å². The van der Waals surface area contributed by atoms with Gasteiger partial charge in [0.15, 0.2) is 5.76 Å². The first-order valence-electron chi connectivity index (χ1n) is 6.22. The van der Waals surface area contributed by atoms with Gasteiger partial charge in [0.05, 0.1) is 0 Å². The third kappa shape index (κ3) is 3.26. The van der Waals surface area contributed by atoms with E-state index in [4.69, 9.17) is 4.42 Å². The predicted octanol–water partition coefficient (Wildman–Crippen LogP) is 3.11. The first kappa shape index (κ1) is 13.9. The summed E-state index contributed by atoms with van der Waals surface area (Å²) in [4.78, 5) is 23.1. The van der Waals surface area contributed by atoms with E-state index in [-0.39, 0.29) is 17.6 Å². The number of rotatable bonds is 3. The molecule has 2 amide bonds. The van der Waals surface area contributed by atoms with E-state index in [1.54, 1.807) is 31.2 Å². The Morgan fingerprint density at radius 3 is 2.40 bits per heavy atom. The van der Waals surface area contributed by atoms with E-state index in [9.17, 15) is 9.59 Å². The smallest absolute Gasteiger partial charge is 0.291 e. The van der Waals surface area contributed by atoms with E-state index in [2.05, 4.69) is 10.6 Å². The van der Waals surface area contributed by atoms with Crippen LogP contribution in [0.1, 0.15) is 28.8 Å². The van der Waals surface area contributed by atoms with Crippen molar-refractivity contribution in [1.82, 2.24) is 0 Å². The normalized spacial score (nSPS) is 10.2. The van der Waals surface area contributed by atoms with Crippen molar-refractivity contribution in [2.75, 3.05) is 10.6 Å². The summed E-state index contributed by atoms with van der Waals surface area (Å²) in [5.41, 5.74) is 2.17. The van der Waals surface area contributed by atoms with E-state index in [1.807, 2.05) is 13.0 Å². The van der Waals surface area contributed by atoms with Crippen LogP contribution in [0.15, 0.2) is 34.7 Å². The Hall–Kier alpha value is -2.56. The summed E-state index contributed by atoms with van der Waals surface area (Å²) in [6, 6.07) is 8.68. The highest BCUT2D eigenvalue weighted by Gasteiger charge is 2.12. The largest absolute Gasteiger partial charge is 0.456 e. The maximum Gasteiger partial charge on any atom is 0.291 e. The first-order chi connectivity index (χ1) is 9.45. The molecular weight excluding hydrogens is 256 g/mol. The van der Waals surface area contributed by atoms with Crippen LogP contribution in [-0.4, -0.2) is 11.8 Å². The summed E-state index contributed by atoms with van der Waals surface area (Å²) in [6.45, 7) is 5.09. The summed E-state index contributed by atoms with van der Waals surface area (Å²) in [7, 11) is 0.